The van der Waals surface area contributed by atoms with Crippen molar-refractivity contribution in [3.8, 4) is 45.5 Å². The summed E-state index contributed by atoms with van der Waals surface area (Å²) in [6.45, 7) is 0. The number of aromatic nitrogens is 2. The predicted molar refractivity (Wildman–Crippen MR) is 170 cm³/mol. The molecule has 2 aromatic heterocycles. The fraction of sp³-hybridized carbons (Fsp3) is 0.133. The molecule has 5 rings (SSSR count). The molecule has 0 aliphatic carbocycles. The van der Waals surface area contributed by atoms with Gasteiger partial charge in [-0.1, -0.05) is 0 Å². The van der Waals surface area contributed by atoms with E-state index in [-0.39, 0.29) is 0 Å². The summed E-state index contributed by atoms with van der Waals surface area (Å²) < 4.78 is 21.8. The highest BCUT2D eigenvalue weighted by atomic mass is 32.1. The predicted octanol–water partition coefficient (Wildman–Crippen LogP) is 6.86. The van der Waals surface area contributed by atoms with Crippen molar-refractivity contribution in [1.82, 2.24) is 9.97 Å². The molecule has 10 nitrogen and oxygen atoms in total. The van der Waals surface area contributed by atoms with Crippen LogP contribution in [-0.2, 0) is 0 Å². The zero-order valence-electron chi connectivity index (χ0n) is 23.3. The lowest BCUT2D eigenvalue weighted by atomic mass is 10.0. The summed E-state index contributed by atoms with van der Waals surface area (Å²) >= 11 is 2.88. The van der Waals surface area contributed by atoms with Crippen molar-refractivity contribution >= 4 is 45.4 Å². The molecule has 0 spiro atoms. The van der Waals surface area contributed by atoms with Crippen LogP contribution in [0.1, 0.15) is 11.1 Å². The normalized spacial score (nSPS) is 11.1. The van der Waals surface area contributed by atoms with E-state index in [0.29, 0.717) is 21.8 Å². The van der Waals surface area contributed by atoms with Gasteiger partial charge in [0.1, 0.15) is 23.0 Å². The van der Waals surface area contributed by atoms with Crippen LogP contribution < -0.4 is 29.8 Å². The molecule has 0 atom stereocenters. The lowest BCUT2D eigenvalue weighted by molar-refractivity contribution is 0.396. The van der Waals surface area contributed by atoms with Crippen LogP contribution in [0, 0.1) is 0 Å². The van der Waals surface area contributed by atoms with Gasteiger partial charge in [-0.2, -0.15) is 10.2 Å². The molecule has 0 saturated heterocycles. The van der Waals surface area contributed by atoms with Crippen molar-refractivity contribution in [2.45, 2.75) is 0 Å². The second-order valence-corrected chi connectivity index (χ2v) is 10.3. The van der Waals surface area contributed by atoms with E-state index in [4.69, 9.17) is 28.9 Å². The first-order valence-corrected chi connectivity index (χ1v) is 14.4. The summed E-state index contributed by atoms with van der Waals surface area (Å²) in [4.78, 5) is 9.44. The van der Waals surface area contributed by atoms with Crippen molar-refractivity contribution in [3.63, 3.8) is 0 Å². The van der Waals surface area contributed by atoms with Gasteiger partial charge in [0, 0.05) is 28.0 Å². The van der Waals surface area contributed by atoms with Gasteiger partial charge in [-0.05, 0) is 65.7 Å². The first-order chi connectivity index (χ1) is 20.6. The molecule has 0 amide bonds. The Morgan fingerprint density at radius 3 is 1.40 bits per heavy atom. The van der Waals surface area contributed by atoms with Crippen LogP contribution in [0.25, 0.3) is 22.5 Å². The van der Waals surface area contributed by atoms with E-state index in [1.54, 1.807) is 40.9 Å². The van der Waals surface area contributed by atoms with Crippen LogP contribution in [0.5, 0.6) is 23.0 Å². The van der Waals surface area contributed by atoms with Gasteiger partial charge in [-0.25, -0.2) is 9.97 Å². The summed E-state index contributed by atoms with van der Waals surface area (Å²) in [7, 11) is 6.51. The zero-order chi connectivity index (χ0) is 29.3. The summed E-state index contributed by atoms with van der Waals surface area (Å²) in [6, 6.07) is 19.0. The van der Waals surface area contributed by atoms with Crippen molar-refractivity contribution in [2.75, 3.05) is 39.3 Å². The van der Waals surface area contributed by atoms with Crippen LogP contribution in [0.2, 0.25) is 0 Å². The molecule has 0 saturated carbocycles. The Morgan fingerprint density at radius 2 is 1.02 bits per heavy atom. The zero-order valence-corrected chi connectivity index (χ0v) is 25.0. The Hall–Kier alpha value is -4.94. The number of methoxy groups -OCH3 is 4. The van der Waals surface area contributed by atoms with Crippen molar-refractivity contribution in [2.24, 2.45) is 10.2 Å². The van der Waals surface area contributed by atoms with E-state index in [1.165, 1.54) is 22.7 Å². The smallest absolute Gasteiger partial charge is 0.203 e. The van der Waals surface area contributed by atoms with Crippen LogP contribution in [0.3, 0.4) is 0 Å². The fourth-order valence-corrected chi connectivity index (χ4v) is 5.22. The number of hydrazone groups is 2. The summed E-state index contributed by atoms with van der Waals surface area (Å²) in [6.07, 6.45) is 3.45. The first-order valence-electron chi connectivity index (χ1n) is 12.6. The molecule has 12 heteroatoms. The Kier molecular flexibility index (Phi) is 9.27. The second kappa shape index (κ2) is 13.6. The Labute approximate surface area is 251 Å². The molecule has 2 heterocycles. The third-order valence-electron chi connectivity index (χ3n) is 6.06. The number of rotatable bonds is 12. The monoisotopic (exact) mass is 600 g/mol. The topological polar surface area (TPSA) is 111 Å². The van der Waals surface area contributed by atoms with E-state index < -0.39 is 0 Å². The lowest BCUT2D eigenvalue weighted by Gasteiger charge is -2.13. The lowest BCUT2D eigenvalue weighted by Crippen LogP contribution is -1.95. The minimum absolute atomic E-state index is 0.631. The van der Waals surface area contributed by atoms with Gasteiger partial charge in [0.05, 0.1) is 52.3 Å². The number of thiazole rings is 2. The molecule has 3 aromatic carbocycles. The van der Waals surface area contributed by atoms with E-state index in [1.807, 2.05) is 71.4 Å². The number of hydrogen-bond acceptors (Lipinski definition) is 12. The van der Waals surface area contributed by atoms with Gasteiger partial charge < -0.3 is 18.9 Å². The fourth-order valence-electron chi connectivity index (χ4n) is 3.90. The van der Waals surface area contributed by atoms with E-state index in [2.05, 4.69) is 21.1 Å². The van der Waals surface area contributed by atoms with Crippen LogP contribution in [0.4, 0.5) is 10.3 Å². The van der Waals surface area contributed by atoms with Gasteiger partial charge in [-0.3, -0.25) is 10.9 Å². The Balaban J connectivity index is 1.33. The van der Waals surface area contributed by atoms with Crippen LogP contribution in [0.15, 0.2) is 81.6 Å². The first kappa shape index (κ1) is 28.6. The summed E-state index contributed by atoms with van der Waals surface area (Å²) in [5, 5.41) is 13.8. The average Bonchev–Trinajstić information content (AvgIpc) is 3.71. The van der Waals surface area contributed by atoms with Gasteiger partial charge in [0.2, 0.25) is 10.3 Å². The molecule has 0 fully saturated rings. The maximum Gasteiger partial charge on any atom is 0.203 e. The number of hydrogen-bond donors (Lipinski definition) is 2. The third kappa shape index (κ3) is 6.85. The number of benzene rings is 3. The van der Waals surface area contributed by atoms with Gasteiger partial charge in [0.15, 0.2) is 0 Å². The molecule has 0 unspecified atom stereocenters. The molecule has 0 radical (unpaired) electrons. The summed E-state index contributed by atoms with van der Waals surface area (Å²) in [5.41, 5.74) is 10.9. The number of anilines is 2. The van der Waals surface area contributed by atoms with E-state index in [0.717, 1.165) is 45.1 Å². The number of nitrogens with one attached hydrogen (secondary N) is 2. The van der Waals surface area contributed by atoms with Crippen molar-refractivity contribution in [1.29, 1.82) is 0 Å². The van der Waals surface area contributed by atoms with Crippen LogP contribution >= 0.6 is 22.7 Å². The molecule has 5 aromatic rings. The average molecular weight is 601 g/mol. The highest BCUT2D eigenvalue weighted by Gasteiger charge is 2.18. The van der Waals surface area contributed by atoms with Gasteiger partial charge in [-0.15, -0.1) is 22.7 Å². The second-order valence-electron chi connectivity index (χ2n) is 8.61. The molecule has 214 valence electrons. The maximum absolute atomic E-state index is 5.68. The van der Waals surface area contributed by atoms with Gasteiger partial charge in [0.25, 0.3) is 0 Å². The molecular weight excluding hydrogens is 573 g/mol. The molecule has 2 N–H and O–H groups in total. The molecule has 0 aliphatic heterocycles. The third-order valence-corrected chi connectivity index (χ3v) is 7.56. The maximum atomic E-state index is 5.68. The van der Waals surface area contributed by atoms with Crippen molar-refractivity contribution in [3.05, 3.63) is 82.6 Å². The SMILES string of the molecule is COc1ccc(C=NNc2nc(-c3cc(-c4csc(NN=Cc5ccc(OC)cc5)n4)c(OC)cc3OC)cs2)cc1. The van der Waals surface area contributed by atoms with E-state index in [9.17, 15) is 0 Å². The minimum Gasteiger partial charge on any atom is -0.497 e. The van der Waals surface area contributed by atoms with E-state index >= 15 is 0 Å². The molecule has 42 heavy (non-hydrogen) atoms. The Bertz CT molecular complexity index is 1560. The number of ether oxygens (including phenoxy) is 4. The highest BCUT2D eigenvalue weighted by molar-refractivity contribution is 7.14. The highest BCUT2D eigenvalue weighted by Crippen LogP contribution is 2.42. The Morgan fingerprint density at radius 1 is 0.595 bits per heavy atom. The largest absolute Gasteiger partial charge is 0.497 e. The van der Waals surface area contributed by atoms with Gasteiger partial charge >= 0.3 is 0 Å². The number of nitrogens with zero attached hydrogens (tertiary/aromatic N) is 4. The molecular formula is C30H28N6O4S2. The summed E-state index contributed by atoms with van der Waals surface area (Å²) in [5.74, 6) is 2.85. The minimum atomic E-state index is 0.631. The molecule has 0 aliphatic rings. The van der Waals surface area contributed by atoms with Crippen LogP contribution in [-0.4, -0.2) is 50.8 Å². The quantitative estimate of drug-likeness (QED) is 0.118. The standard InChI is InChI=1S/C30H28N6O4S2/c1-37-21-9-5-19(6-10-21)15-31-35-29-33-25(17-41-29)23-13-24(28(40-4)14-27(23)39-3)26-18-42-30(34-26)36-32-16-20-7-11-22(38-2)12-8-20/h5-18H,1-4H3,(H,33,35)(H,34,36). The van der Waals surface area contributed by atoms with Crippen molar-refractivity contribution < 1.29 is 18.9 Å². The molecule has 0 bridgehead atoms.